The van der Waals surface area contributed by atoms with Crippen LogP contribution in [0.3, 0.4) is 0 Å². The Bertz CT molecular complexity index is 1020. The van der Waals surface area contributed by atoms with Crippen LogP contribution in [0.15, 0.2) is 46.9 Å². The number of thiophene rings is 1. The molecule has 1 fully saturated rings. The average Bonchev–Trinajstić information content (AvgIpc) is 3.52. The van der Waals surface area contributed by atoms with Crippen LogP contribution in [-0.4, -0.2) is 50.1 Å². The first-order chi connectivity index (χ1) is 14.2. The van der Waals surface area contributed by atoms with E-state index in [4.69, 9.17) is 4.74 Å². The van der Waals surface area contributed by atoms with Crippen molar-refractivity contribution in [3.63, 3.8) is 0 Å². The van der Waals surface area contributed by atoms with E-state index in [1.807, 2.05) is 22.1 Å². The normalized spacial score (nSPS) is 18.6. The smallest absolute Gasteiger partial charge is 0.262 e. The molecule has 148 valence electrons. The Kier molecular flexibility index (Phi) is 4.94. The molecule has 9 heteroatoms. The van der Waals surface area contributed by atoms with E-state index < -0.39 is 0 Å². The van der Waals surface area contributed by atoms with Gasteiger partial charge in [0.1, 0.15) is 0 Å². The zero-order chi connectivity index (χ0) is 19.8. The maximum Gasteiger partial charge on any atom is 0.262 e. The van der Waals surface area contributed by atoms with Gasteiger partial charge in [-0.05, 0) is 36.4 Å². The van der Waals surface area contributed by atoms with Crippen molar-refractivity contribution in [1.29, 1.82) is 0 Å². The molecular weight excluding hydrogens is 408 g/mol. The van der Waals surface area contributed by atoms with Gasteiger partial charge in [0, 0.05) is 6.61 Å². The van der Waals surface area contributed by atoms with Crippen molar-refractivity contribution in [3.8, 4) is 10.7 Å². The minimum atomic E-state index is -0.262. The molecule has 0 aliphatic carbocycles. The Balaban J connectivity index is 1.39. The summed E-state index contributed by atoms with van der Waals surface area (Å²) in [5, 5.41) is 11.4. The topological polar surface area (TPSA) is 77.3 Å². The van der Waals surface area contributed by atoms with Gasteiger partial charge >= 0.3 is 0 Å². The summed E-state index contributed by atoms with van der Waals surface area (Å²) in [6.07, 6.45) is 2.19. The molecule has 1 atom stereocenters. The fourth-order valence-corrected chi connectivity index (χ4v) is 5.23. The van der Waals surface area contributed by atoms with Crippen LogP contribution in [0, 0.1) is 0 Å². The zero-order valence-electron chi connectivity index (χ0n) is 15.5. The minimum Gasteiger partial charge on any atom is -0.376 e. The monoisotopic (exact) mass is 426 g/mol. The van der Waals surface area contributed by atoms with E-state index in [2.05, 4.69) is 10.2 Å². The quantitative estimate of drug-likeness (QED) is 0.443. The molecular formula is C20H18N4O3S2. The highest BCUT2D eigenvalue weighted by Gasteiger charge is 2.35. The van der Waals surface area contributed by atoms with Gasteiger partial charge in [-0.15, -0.1) is 21.5 Å². The van der Waals surface area contributed by atoms with Gasteiger partial charge in [0.25, 0.3) is 11.8 Å². The summed E-state index contributed by atoms with van der Waals surface area (Å²) in [6.45, 7) is 1.43. The zero-order valence-corrected chi connectivity index (χ0v) is 17.1. The van der Waals surface area contributed by atoms with Crippen molar-refractivity contribution < 1.29 is 14.3 Å². The molecule has 7 nitrogen and oxygen atoms in total. The van der Waals surface area contributed by atoms with Crippen LogP contribution in [0.2, 0.25) is 0 Å². The maximum atomic E-state index is 12.6. The van der Waals surface area contributed by atoms with Crippen LogP contribution < -0.4 is 0 Å². The van der Waals surface area contributed by atoms with E-state index in [9.17, 15) is 9.59 Å². The molecule has 1 saturated heterocycles. The maximum absolute atomic E-state index is 12.6. The van der Waals surface area contributed by atoms with Crippen molar-refractivity contribution in [2.24, 2.45) is 0 Å². The first-order valence-corrected chi connectivity index (χ1v) is 11.3. The SMILES string of the molecule is O=C1c2ccccc2C(=O)N1CSc1nnc(-c2cccs2)n1CC1CCCO1. The summed E-state index contributed by atoms with van der Waals surface area (Å²) in [7, 11) is 0. The molecule has 1 aromatic carbocycles. The number of imide groups is 1. The van der Waals surface area contributed by atoms with Gasteiger partial charge in [0.15, 0.2) is 11.0 Å². The highest BCUT2D eigenvalue weighted by molar-refractivity contribution is 7.99. The highest BCUT2D eigenvalue weighted by Crippen LogP contribution is 2.31. The van der Waals surface area contributed by atoms with Crippen molar-refractivity contribution in [3.05, 3.63) is 52.9 Å². The number of benzene rings is 1. The second kappa shape index (κ2) is 7.74. The van der Waals surface area contributed by atoms with Gasteiger partial charge in [-0.25, -0.2) is 0 Å². The molecule has 2 aromatic heterocycles. The number of nitrogens with zero attached hydrogens (tertiary/aromatic N) is 4. The first kappa shape index (κ1) is 18.5. The van der Waals surface area contributed by atoms with Crippen LogP contribution >= 0.6 is 23.1 Å². The van der Waals surface area contributed by atoms with Gasteiger partial charge in [0.2, 0.25) is 0 Å². The molecule has 0 saturated carbocycles. The number of thioether (sulfide) groups is 1. The number of amides is 2. The molecule has 0 N–H and O–H groups in total. The predicted molar refractivity (Wildman–Crippen MR) is 110 cm³/mol. The van der Waals surface area contributed by atoms with E-state index in [0.29, 0.717) is 22.8 Å². The molecule has 0 radical (unpaired) electrons. The molecule has 1 unspecified atom stereocenters. The van der Waals surface area contributed by atoms with Crippen LogP contribution in [0.5, 0.6) is 0 Å². The van der Waals surface area contributed by atoms with E-state index >= 15 is 0 Å². The largest absolute Gasteiger partial charge is 0.376 e. The average molecular weight is 427 g/mol. The third-order valence-electron chi connectivity index (χ3n) is 5.07. The van der Waals surface area contributed by atoms with Gasteiger partial charge < -0.3 is 4.74 Å². The second-order valence-electron chi connectivity index (χ2n) is 6.89. The molecule has 29 heavy (non-hydrogen) atoms. The van der Waals surface area contributed by atoms with Crippen LogP contribution in [0.25, 0.3) is 10.7 Å². The Hall–Kier alpha value is -2.49. The number of hydrogen-bond acceptors (Lipinski definition) is 7. The molecule has 3 aromatic rings. The number of ether oxygens (including phenoxy) is 1. The summed E-state index contributed by atoms with van der Waals surface area (Å²) < 4.78 is 7.85. The number of carbonyl (C=O) groups is 2. The van der Waals surface area contributed by atoms with Crippen LogP contribution in [0.1, 0.15) is 33.6 Å². The van der Waals surface area contributed by atoms with E-state index in [0.717, 1.165) is 30.2 Å². The lowest BCUT2D eigenvalue weighted by molar-refractivity contribution is 0.0683. The summed E-state index contributed by atoms with van der Waals surface area (Å²) in [5.74, 6) is 0.462. The molecule has 2 aliphatic rings. The lowest BCUT2D eigenvalue weighted by atomic mass is 10.1. The molecule has 0 spiro atoms. The number of fused-ring (bicyclic) bond motifs is 1. The van der Waals surface area contributed by atoms with E-state index in [1.165, 1.54) is 16.7 Å². The van der Waals surface area contributed by atoms with E-state index in [-0.39, 0.29) is 23.8 Å². The van der Waals surface area contributed by atoms with Gasteiger partial charge in [-0.2, -0.15) is 0 Å². The molecule has 4 heterocycles. The van der Waals surface area contributed by atoms with Gasteiger partial charge in [-0.3, -0.25) is 19.1 Å². The van der Waals surface area contributed by atoms with Crippen molar-refractivity contribution in [2.45, 2.75) is 30.6 Å². The molecule has 2 amide bonds. The second-order valence-corrected chi connectivity index (χ2v) is 8.75. The van der Waals surface area contributed by atoms with Crippen LogP contribution in [0.4, 0.5) is 0 Å². The number of carbonyl (C=O) groups excluding carboxylic acids is 2. The summed E-state index contributed by atoms with van der Waals surface area (Å²) >= 11 is 2.95. The van der Waals surface area contributed by atoms with Crippen LogP contribution in [-0.2, 0) is 11.3 Å². The Morgan fingerprint density at radius 2 is 1.90 bits per heavy atom. The van der Waals surface area contributed by atoms with E-state index in [1.54, 1.807) is 35.6 Å². The minimum absolute atomic E-state index is 0.128. The van der Waals surface area contributed by atoms with Gasteiger partial charge in [0.05, 0.1) is 34.5 Å². The molecule has 2 aliphatic heterocycles. The number of rotatable bonds is 6. The summed E-state index contributed by atoms with van der Waals surface area (Å²) in [4.78, 5) is 27.5. The third kappa shape index (κ3) is 3.39. The fraction of sp³-hybridized carbons (Fsp3) is 0.300. The van der Waals surface area contributed by atoms with Crippen molar-refractivity contribution in [2.75, 3.05) is 12.5 Å². The Morgan fingerprint density at radius 1 is 1.10 bits per heavy atom. The third-order valence-corrected chi connectivity index (χ3v) is 6.88. The Labute approximate surface area is 175 Å². The first-order valence-electron chi connectivity index (χ1n) is 9.39. The van der Waals surface area contributed by atoms with Gasteiger partial charge in [-0.1, -0.05) is 30.0 Å². The lowest BCUT2D eigenvalue weighted by Crippen LogP contribution is -2.29. The molecule has 0 bridgehead atoms. The lowest BCUT2D eigenvalue weighted by Gasteiger charge is -2.16. The van der Waals surface area contributed by atoms with Crippen molar-refractivity contribution in [1.82, 2.24) is 19.7 Å². The summed E-state index contributed by atoms with van der Waals surface area (Å²) in [5.41, 5.74) is 0.913. The Morgan fingerprint density at radius 3 is 2.55 bits per heavy atom. The predicted octanol–water partition coefficient (Wildman–Crippen LogP) is 3.53. The number of aromatic nitrogens is 3. The standard InChI is InChI=1S/C20H18N4O3S2/c25-18-14-6-1-2-7-15(14)19(26)24(18)12-29-20-22-21-17(16-8-4-10-28-16)23(20)11-13-5-3-9-27-13/h1-2,4,6-8,10,13H,3,5,9,11-12H2. The molecule has 5 rings (SSSR count). The fourth-order valence-electron chi connectivity index (χ4n) is 3.62. The highest BCUT2D eigenvalue weighted by atomic mass is 32.2. The number of hydrogen-bond donors (Lipinski definition) is 0. The van der Waals surface area contributed by atoms with Crippen molar-refractivity contribution >= 4 is 34.9 Å². The summed E-state index contributed by atoms with van der Waals surface area (Å²) in [6, 6.07) is 10.9.